The van der Waals surface area contributed by atoms with E-state index in [4.69, 9.17) is 16.3 Å². The Hall–Kier alpha value is -0.570. The molecule has 0 saturated heterocycles. The Balaban J connectivity index is 2.55. The molecule has 0 spiro atoms. The van der Waals surface area contributed by atoms with Gasteiger partial charge in [0.2, 0.25) is 0 Å². The Bertz CT molecular complexity index is 354. The van der Waals surface area contributed by atoms with Crippen LogP contribution in [0.1, 0.15) is 26.3 Å². The van der Waals surface area contributed by atoms with Crippen LogP contribution in [0, 0.1) is 5.92 Å². The first-order valence-corrected chi connectivity index (χ1v) is 6.90. The lowest BCUT2D eigenvalue weighted by molar-refractivity contribution is 0.141. The van der Waals surface area contributed by atoms with E-state index in [0.29, 0.717) is 18.0 Å². The Morgan fingerprint density at radius 1 is 1.22 bits per heavy atom. The van der Waals surface area contributed by atoms with Gasteiger partial charge in [0.25, 0.3) is 0 Å². The first kappa shape index (κ1) is 15.5. The second kappa shape index (κ2) is 7.78. The third kappa shape index (κ3) is 4.97. The number of rotatable bonds is 7. The Morgan fingerprint density at radius 3 is 2.44 bits per heavy atom. The molecule has 1 rings (SSSR count). The SMILES string of the molecule is COCC(NC(C)Cc1ccccc1Cl)C(C)C. The largest absolute Gasteiger partial charge is 0.383 e. The quantitative estimate of drug-likeness (QED) is 0.818. The number of halogens is 1. The molecule has 0 aliphatic rings. The van der Waals surface area contributed by atoms with E-state index in [-0.39, 0.29) is 0 Å². The van der Waals surface area contributed by atoms with Crippen LogP contribution in [0.3, 0.4) is 0 Å². The lowest BCUT2D eigenvalue weighted by atomic mass is 10.0. The van der Waals surface area contributed by atoms with Crippen molar-refractivity contribution in [3.8, 4) is 0 Å². The van der Waals surface area contributed by atoms with Crippen LogP contribution in [0.25, 0.3) is 0 Å². The van der Waals surface area contributed by atoms with Gasteiger partial charge in [-0.2, -0.15) is 0 Å². The molecule has 1 aromatic carbocycles. The maximum absolute atomic E-state index is 6.18. The van der Waals surface area contributed by atoms with E-state index in [9.17, 15) is 0 Å². The number of ether oxygens (including phenoxy) is 1. The molecule has 3 heteroatoms. The summed E-state index contributed by atoms with van der Waals surface area (Å²) in [6.45, 7) is 7.34. The first-order chi connectivity index (χ1) is 8.54. The molecule has 2 nitrogen and oxygen atoms in total. The fourth-order valence-corrected chi connectivity index (χ4v) is 2.24. The van der Waals surface area contributed by atoms with Crippen LogP contribution >= 0.6 is 11.6 Å². The molecule has 0 bridgehead atoms. The van der Waals surface area contributed by atoms with Gasteiger partial charge < -0.3 is 10.1 Å². The number of hydrogen-bond acceptors (Lipinski definition) is 2. The van der Waals surface area contributed by atoms with Crippen molar-refractivity contribution in [1.82, 2.24) is 5.32 Å². The summed E-state index contributed by atoms with van der Waals surface area (Å²) in [5.41, 5.74) is 1.19. The average molecular weight is 270 g/mol. The zero-order valence-electron chi connectivity index (χ0n) is 11.7. The second-order valence-electron chi connectivity index (χ2n) is 5.17. The van der Waals surface area contributed by atoms with Crippen molar-refractivity contribution >= 4 is 11.6 Å². The lowest BCUT2D eigenvalue weighted by Crippen LogP contribution is -2.43. The summed E-state index contributed by atoms with van der Waals surface area (Å²) in [6.07, 6.45) is 0.937. The predicted octanol–water partition coefficient (Wildman–Crippen LogP) is 3.53. The third-order valence-electron chi connectivity index (χ3n) is 3.13. The molecule has 18 heavy (non-hydrogen) atoms. The van der Waals surface area contributed by atoms with Crippen molar-refractivity contribution in [1.29, 1.82) is 0 Å². The fraction of sp³-hybridized carbons (Fsp3) is 0.600. The summed E-state index contributed by atoms with van der Waals surface area (Å²) < 4.78 is 5.25. The molecule has 0 fully saturated rings. The molecule has 0 saturated carbocycles. The van der Waals surface area contributed by atoms with Gasteiger partial charge in [-0.15, -0.1) is 0 Å². The highest BCUT2D eigenvalue weighted by molar-refractivity contribution is 6.31. The Kier molecular flexibility index (Phi) is 6.69. The van der Waals surface area contributed by atoms with Crippen molar-refractivity contribution in [2.75, 3.05) is 13.7 Å². The molecule has 0 heterocycles. The van der Waals surface area contributed by atoms with Crippen LogP contribution in [0.2, 0.25) is 5.02 Å². The van der Waals surface area contributed by atoms with E-state index < -0.39 is 0 Å². The number of nitrogens with one attached hydrogen (secondary N) is 1. The Morgan fingerprint density at radius 2 is 1.89 bits per heavy atom. The van der Waals surface area contributed by atoms with Gasteiger partial charge in [0.05, 0.1) is 6.61 Å². The zero-order valence-corrected chi connectivity index (χ0v) is 12.5. The monoisotopic (exact) mass is 269 g/mol. The van der Waals surface area contributed by atoms with Crippen LogP contribution < -0.4 is 5.32 Å². The Labute approximate surface area is 116 Å². The highest BCUT2D eigenvalue weighted by atomic mass is 35.5. The molecule has 0 aliphatic heterocycles. The molecule has 2 unspecified atom stereocenters. The van der Waals surface area contributed by atoms with Crippen molar-refractivity contribution < 1.29 is 4.74 Å². The minimum absolute atomic E-state index is 0.382. The molecule has 0 radical (unpaired) electrons. The molecular weight excluding hydrogens is 246 g/mol. The third-order valence-corrected chi connectivity index (χ3v) is 3.50. The fourth-order valence-electron chi connectivity index (χ4n) is 2.03. The molecule has 0 aliphatic carbocycles. The standard InChI is InChI=1S/C15H24ClNO/c1-11(2)15(10-18-4)17-12(3)9-13-7-5-6-8-14(13)16/h5-8,11-12,15,17H,9-10H2,1-4H3. The van der Waals surface area contributed by atoms with Crippen molar-refractivity contribution in [3.05, 3.63) is 34.9 Å². The van der Waals surface area contributed by atoms with Gasteiger partial charge in [0.1, 0.15) is 0 Å². The minimum Gasteiger partial charge on any atom is -0.383 e. The smallest absolute Gasteiger partial charge is 0.0618 e. The normalized spacial score (nSPS) is 14.8. The zero-order chi connectivity index (χ0) is 13.5. The van der Waals surface area contributed by atoms with Crippen LogP contribution in [0.5, 0.6) is 0 Å². The summed E-state index contributed by atoms with van der Waals surface area (Å²) in [5, 5.41) is 4.46. The van der Waals surface area contributed by atoms with E-state index in [1.165, 1.54) is 5.56 Å². The molecule has 1 aromatic rings. The van der Waals surface area contributed by atoms with E-state index in [2.05, 4.69) is 32.2 Å². The number of methoxy groups -OCH3 is 1. The topological polar surface area (TPSA) is 21.3 Å². The summed E-state index contributed by atoms with van der Waals surface area (Å²) in [7, 11) is 1.75. The summed E-state index contributed by atoms with van der Waals surface area (Å²) in [4.78, 5) is 0. The maximum atomic E-state index is 6.18. The van der Waals surface area contributed by atoms with E-state index in [1.807, 2.05) is 18.2 Å². The second-order valence-corrected chi connectivity index (χ2v) is 5.58. The number of hydrogen-bond donors (Lipinski definition) is 1. The summed E-state index contributed by atoms with van der Waals surface area (Å²) in [5.74, 6) is 0.554. The van der Waals surface area contributed by atoms with Crippen LogP contribution in [-0.4, -0.2) is 25.8 Å². The van der Waals surface area contributed by atoms with Gasteiger partial charge in [0.15, 0.2) is 0 Å². The van der Waals surface area contributed by atoms with Gasteiger partial charge in [-0.25, -0.2) is 0 Å². The molecule has 0 aromatic heterocycles. The van der Waals surface area contributed by atoms with E-state index in [0.717, 1.165) is 18.1 Å². The minimum atomic E-state index is 0.382. The molecule has 102 valence electrons. The van der Waals surface area contributed by atoms with Gasteiger partial charge in [0, 0.05) is 24.2 Å². The predicted molar refractivity (Wildman–Crippen MR) is 78.3 cm³/mol. The van der Waals surface area contributed by atoms with Crippen molar-refractivity contribution in [2.45, 2.75) is 39.3 Å². The van der Waals surface area contributed by atoms with E-state index >= 15 is 0 Å². The molecule has 0 amide bonds. The highest BCUT2D eigenvalue weighted by Gasteiger charge is 2.16. The van der Waals surface area contributed by atoms with Crippen molar-refractivity contribution in [2.24, 2.45) is 5.92 Å². The molecule has 1 N–H and O–H groups in total. The summed E-state index contributed by atoms with van der Waals surface area (Å²) in [6, 6.07) is 8.79. The van der Waals surface area contributed by atoms with Gasteiger partial charge in [-0.05, 0) is 30.9 Å². The molecule has 2 atom stereocenters. The number of benzene rings is 1. The van der Waals surface area contributed by atoms with Gasteiger partial charge >= 0.3 is 0 Å². The summed E-state index contributed by atoms with van der Waals surface area (Å²) >= 11 is 6.18. The lowest BCUT2D eigenvalue weighted by Gasteiger charge is -2.26. The maximum Gasteiger partial charge on any atom is 0.0618 e. The van der Waals surface area contributed by atoms with Gasteiger partial charge in [-0.3, -0.25) is 0 Å². The van der Waals surface area contributed by atoms with Crippen LogP contribution in [0.4, 0.5) is 0 Å². The van der Waals surface area contributed by atoms with Crippen LogP contribution in [0.15, 0.2) is 24.3 Å². The highest BCUT2D eigenvalue weighted by Crippen LogP contribution is 2.17. The van der Waals surface area contributed by atoms with Gasteiger partial charge in [-0.1, -0.05) is 43.6 Å². The average Bonchev–Trinajstić information content (AvgIpc) is 2.31. The van der Waals surface area contributed by atoms with Crippen LogP contribution in [-0.2, 0) is 11.2 Å². The van der Waals surface area contributed by atoms with Crippen molar-refractivity contribution in [3.63, 3.8) is 0 Å². The molecular formula is C15H24ClNO. The van der Waals surface area contributed by atoms with E-state index in [1.54, 1.807) is 7.11 Å². The first-order valence-electron chi connectivity index (χ1n) is 6.53.